The molecule has 2 aromatic heterocycles. The molecular formula is C62H47N3. The number of allylic oxidation sites excluding steroid dienone is 2. The van der Waals surface area contributed by atoms with Gasteiger partial charge in [-0.15, -0.1) is 0 Å². The summed E-state index contributed by atoms with van der Waals surface area (Å²) in [5, 5.41) is 5.28. The molecule has 13 rings (SSSR count). The van der Waals surface area contributed by atoms with Gasteiger partial charge in [-0.3, -0.25) is 0 Å². The highest BCUT2D eigenvalue weighted by molar-refractivity contribution is 6.25. The average Bonchev–Trinajstić information content (AvgIpc) is 4.02. The minimum absolute atomic E-state index is 0.205. The molecular weight excluding hydrogens is 787 g/mol. The molecule has 0 saturated heterocycles. The van der Waals surface area contributed by atoms with Gasteiger partial charge in [-0.25, -0.2) is 0 Å². The Bertz CT molecular complexity index is 3680. The zero-order valence-corrected chi connectivity index (χ0v) is 37.0. The lowest BCUT2D eigenvalue weighted by Crippen LogP contribution is -2.19. The molecule has 0 spiro atoms. The van der Waals surface area contributed by atoms with Crippen LogP contribution in [0, 0.1) is 0 Å². The van der Waals surface area contributed by atoms with Crippen LogP contribution in [0.4, 0.5) is 17.1 Å². The molecule has 2 heterocycles. The molecule has 9 aromatic carbocycles. The largest absolute Gasteiger partial charge is 0.311 e. The Hall–Kier alpha value is -7.88. The SMILES string of the molecule is CC1(C)C2=C(c3c1ccc1c3c3ccccc3n1-c1ccccc1)C(C)(C)c1c2ccc2c1c1cccc(-c3ccc(N(c4ccccc4)c4ccccc4)cc3)c1n2-c1ccccc1. The molecule has 2 aliphatic rings. The summed E-state index contributed by atoms with van der Waals surface area (Å²) in [5.41, 5.74) is 21.1. The van der Waals surface area contributed by atoms with E-state index in [4.69, 9.17) is 0 Å². The van der Waals surface area contributed by atoms with Gasteiger partial charge in [0.1, 0.15) is 0 Å². The Kier molecular flexibility index (Phi) is 8.00. The van der Waals surface area contributed by atoms with E-state index >= 15 is 0 Å². The molecule has 3 nitrogen and oxygen atoms in total. The first-order chi connectivity index (χ1) is 31.8. The minimum Gasteiger partial charge on any atom is -0.311 e. The van der Waals surface area contributed by atoms with Crippen LogP contribution in [0.25, 0.3) is 77.3 Å². The van der Waals surface area contributed by atoms with Crippen LogP contribution in [0.2, 0.25) is 0 Å². The van der Waals surface area contributed by atoms with Crippen molar-refractivity contribution in [2.45, 2.75) is 38.5 Å². The molecule has 0 amide bonds. The van der Waals surface area contributed by atoms with E-state index in [1.807, 2.05) is 0 Å². The molecule has 0 N–H and O–H groups in total. The number of benzene rings is 9. The lowest BCUT2D eigenvalue weighted by Gasteiger charge is -2.29. The maximum absolute atomic E-state index is 2.53. The highest BCUT2D eigenvalue weighted by Crippen LogP contribution is 2.66. The summed E-state index contributed by atoms with van der Waals surface area (Å²) in [7, 11) is 0. The van der Waals surface area contributed by atoms with Crippen LogP contribution in [0.15, 0.2) is 212 Å². The van der Waals surface area contributed by atoms with Gasteiger partial charge >= 0.3 is 0 Å². The lowest BCUT2D eigenvalue weighted by molar-refractivity contribution is 0.699. The fourth-order valence-electron chi connectivity index (χ4n) is 12.0. The van der Waals surface area contributed by atoms with Gasteiger partial charge in [0.25, 0.3) is 0 Å². The standard InChI is InChI=1S/C62H47N3/c1-61(2)50-37-39-52-54(47-28-17-18-31-51(47)64(52)43-24-13-7-14-25-43)56(50)59-58(61)49-36-38-53-55(57(49)62(59,3)4)48-30-19-29-46(60(48)65(53)44-26-15-8-16-27-44)40-32-34-45(35-33-40)63(41-20-9-5-10-21-41)42-22-11-6-12-23-42/h5-39H,1-4H3. The van der Waals surface area contributed by atoms with Crippen molar-refractivity contribution in [2.24, 2.45) is 0 Å². The van der Waals surface area contributed by atoms with E-state index in [0.29, 0.717) is 0 Å². The second-order valence-electron chi connectivity index (χ2n) is 18.9. The Labute approximate surface area is 379 Å². The van der Waals surface area contributed by atoms with Crippen molar-refractivity contribution in [3.63, 3.8) is 0 Å². The van der Waals surface area contributed by atoms with E-state index in [-0.39, 0.29) is 10.8 Å². The molecule has 0 saturated carbocycles. The first-order valence-corrected chi connectivity index (χ1v) is 22.9. The first kappa shape index (κ1) is 37.7. The summed E-state index contributed by atoms with van der Waals surface area (Å²) in [6.45, 7) is 9.90. The summed E-state index contributed by atoms with van der Waals surface area (Å²) in [6, 6.07) is 77.9. The Morgan fingerprint density at radius 2 is 0.908 bits per heavy atom. The van der Waals surface area contributed by atoms with Crippen molar-refractivity contribution < 1.29 is 0 Å². The van der Waals surface area contributed by atoms with Crippen molar-refractivity contribution in [3.05, 3.63) is 235 Å². The molecule has 0 atom stereocenters. The molecule has 11 aromatic rings. The molecule has 0 radical (unpaired) electrons. The summed E-state index contributed by atoms with van der Waals surface area (Å²) in [6.07, 6.45) is 0. The Balaban J connectivity index is 1.04. The third-order valence-electron chi connectivity index (χ3n) is 14.6. The van der Waals surface area contributed by atoms with Gasteiger partial charge in [-0.2, -0.15) is 0 Å². The normalized spacial score (nSPS) is 14.6. The minimum atomic E-state index is -0.303. The van der Waals surface area contributed by atoms with Crippen LogP contribution in [0.5, 0.6) is 0 Å². The number of hydrogen-bond acceptors (Lipinski definition) is 1. The summed E-state index contributed by atoms with van der Waals surface area (Å²) in [4.78, 5) is 2.33. The van der Waals surface area contributed by atoms with E-state index < -0.39 is 0 Å². The Morgan fingerprint density at radius 1 is 0.369 bits per heavy atom. The summed E-state index contributed by atoms with van der Waals surface area (Å²) < 4.78 is 4.99. The van der Waals surface area contributed by atoms with Crippen molar-refractivity contribution in [2.75, 3.05) is 4.90 Å². The topological polar surface area (TPSA) is 13.1 Å². The summed E-state index contributed by atoms with van der Waals surface area (Å²) >= 11 is 0. The molecule has 310 valence electrons. The van der Waals surface area contributed by atoms with Crippen LogP contribution in [-0.2, 0) is 10.8 Å². The first-order valence-electron chi connectivity index (χ1n) is 22.9. The van der Waals surface area contributed by atoms with Gasteiger partial charge in [0, 0.05) is 66.4 Å². The smallest absolute Gasteiger partial charge is 0.0619 e. The molecule has 3 heteroatoms. The number of hydrogen-bond donors (Lipinski definition) is 0. The van der Waals surface area contributed by atoms with E-state index in [1.54, 1.807) is 0 Å². The number of fused-ring (bicyclic) bond motifs is 12. The van der Waals surface area contributed by atoms with Gasteiger partial charge in [0.05, 0.1) is 22.1 Å². The number of para-hydroxylation sites is 6. The van der Waals surface area contributed by atoms with Crippen LogP contribution in [-0.4, -0.2) is 9.13 Å². The van der Waals surface area contributed by atoms with Gasteiger partial charge in [0.2, 0.25) is 0 Å². The molecule has 0 bridgehead atoms. The van der Waals surface area contributed by atoms with Gasteiger partial charge in [-0.1, -0.05) is 161 Å². The quantitative estimate of drug-likeness (QED) is 0.163. The van der Waals surface area contributed by atoms with Crippen LogP contribution < -0.4 is 4.90 Å². The van der Waals surface area contributed by atoms with E-state index in [2.05, 4.69) is 254 Å². The molecule has 65 heavy (non-hydrogen) atoms. The van der Waals surface area contributed by atoms with Crippen LogP contribution >= 0.6 is 0 Å². The van der Waals surface area contributed by atoms with Gasteiger partial charge in [-0.05, 0) is 118 Å². The number of rotatable bonds is 6. The van der Waals surface area contributed by atoms with E-state index in [0.717, 1.165) is 22.7 Å². The lowest BCUT2D eigenvalue weighted by atomic mass is 9.74. The Morgan fingerprint density at radius 3 is 1.57 bits per heavy atom. The summed E-state index contributed by atoms with van der Waals surface area (Å²) in [5.74, 6) is 0. The fourth-order valence-corrected chi connectivity index (χ4v) is 12.0. The van der Waals surface area contributed by atoms with E-state index in [1.165, 1.54) is 93.8 Å². The number of nitrogens with zero attached hydrogens (tertiary/aromatic N) is 3. The van der Waals surface area contributed by atoms with Crippen molar-refractivity contribution in [1.82, 2.24) is 9.13 Å². The van der Waals surface area contributed by atoms with Crippen molar-refractivity contribution in [1.29, 1.82) is 0 Å². The zero-order chi connectivity index (χ0) is 43.6. The van der Waals surface area contributed by atoms with Crippen molar-refractivity contribution >= 4 is 71.8 Å². The number of anilines is 3. The van der Waals surface area contributed by atoms with Gasteiger partial charge in [0.15, 0.2) is 0 Å². The maximum atomic E-state index is 2.53. The third kappa shape index (κ3) is 5.24. The van der Waals surface area contributed by atoms with E-state index in [9.17, 15) is 0 Å². The zero-order valence-electron chi connectivity index (χ0n) is 37.0. The van der Waals surface area contributed by atoms with Crippen LogP contribution in [0.3, 0.4) is 0 Å². The van der Waals surface area contributed by atoms with Crippen molar-refractivity contribution in [3.8, 4) is 22.5 Å². The predicted octanol–water partition coefficient (Wildman–Crippen LogP) is 16.5. The molecule has 2 aliphatic carbocycles. The fraction of sp³-hybridized carbons (Fsp3) is 0.0968. The average molecular weight is 834 g/mol. The van der Waals surface area contributed by atoms with Crippen LogP contribution in [0.1, 0.15) is 49.9 Å². The second-order valence-corrected chi connectivity index (χ2v) is 18.9. The number of aromatic nitrogens is 2. The highest BCUT2D eigenvalue weighted by Gasteiger charge is 2.51. The predicted molar refractivity (Wildman–Crippen MR) is 275 cm³/mol. The molecule has 0 fully saturated rings. The third-order valence-corrected chi connectivity index (χ3v) is 14.6. The molecule has 0 unspecified atom stereocenters. The monoisotopic (exact) mass is 833 g/mol. The van der Waals surface area contributed by atoms with Gasteiger partial charge < -0.3 is 14.0 Å². The highest BCUT2D eigenvalue weighted by atomic mass is 15.1. The molecule has 0 aliphatic heterocycles. The second kappa shape index (κ2) is 13.8. The maximum Gasteiger partial charge on any atom is 0.0619 e.